The molecule has 0 aliphatic heterocycles. The smallest absolute Gasteiger partial charge is 0.379 e. The molecule has 2 aromatic carbocycles. The predicted octanol–water partition coefficient (Wildman–Crippen LogP) is 2.61. The number of ketones is 1. The van der Waals surface area contributed by atoms with Gasteiger partial charge in [0, 0.05) is 15.9 Å². The summed E-state index contributed by atoms with van der Waals surface area (Å²) in [7, 11) is 3.16. The lowest BCUT2D eigenvalue weighted by atomic mass is 9.94. The van der Waals surface area contributed by atoms with Gasteiger partial charge in [0.2, 0.25) is 0 Å². The summed E-state index contributed by atoms with van der Waals surface area (Å²) in [6.07, 6.45) is 3.62. The third-order valence-corrected chi connectivity index (χ3v) is 4.15. The van der Waals surface area contributed by atoms with Crippen LogP contribution in [0.15, 0.2) is 42.5 Å². The minimum Gasteiger partial charge on any atom is -0.463 e. The molecule has 0 bridgehead atoms. The molecular formula is C19H15BClNO3. The van der Waals surface area contributed by atoms with Crippen LogP contribution < -0.4 is 5.46 Å². The number of benzene rings is 2. The van der Waals surface area contributed by atoms with E-state index >= 15 is 0 Å². The van der Waals surface area contributed by atoms with Crippen molar-refractivity contribution in [3.05, 3.63) is 64.3 Å². The summed E-state index contributed by atoms with van der Waals surface area (Å²) < 4.78 is 4.60. The number of carbonyl (C=O) groups is 2. The number of carbonyl (C=O) groups excluding carboxylic acids is 2. The van der Waals surface area contributed by atoms with Gasteiger partial charge in [0.05, 0.1) is 18.4 Å². The average molecular weight is 352 g/mol. The van der Waals surface area contributed by atoms with Gasteiger partial charge in [-0.1, -0.05) is 47.4 Å². The molecule has 0 unspecified atom stereocenters. The molecule has 0 saturated heterocycles. The summed E-state index contributed by atoms with van der Waals surface area (Å²) in [4.78, 5) is 27.4. The number of methoxy groups -OCH3 is 1. The van der Waals surface area contributed by atoms with Gasteiger partial charge in [-0.3, -0.25) is 4.79 Å². The van der Waals surface area contributed by atoms with Gasteiger partial charge in [0.15, 0.2) is 0 Å². The largest absolute Gasteiger partial charge is 0.463 e. The summed E-state index contributed by atoms with van der Waals surface area (Å²) in [5.41, 5.74) is 3.65. The summed E-state index contributed by atoms with van der Waals surface area (Å²) in [6.45, 7) is 0. The molecule has 0 atom stereocenters. The van der Waals surface area contributed by atoms with Crippen molar-refractivity contribution in [2.24, 2.45) is 0 Å². The van der Waals surface area contributed by atoms with Crippen LogP contribution in [0.3, 0.4) is 0 Å². The lowest BCUT2D eigenvalue weighted by Crippen LogP contribution is -2.16. The minimum absolute atomic E-state index is 0.312. The molecule has 1 N–H and O–H groups in total. The van der Waals surface area contributed by atoms with Crippen molar-refractivity contribution in [3.63, 3.8) is 0 Å². The Balaban J connectivity index is 2.11. The molecule has 1 heterocycles. The number of fused-ring (bicyclic) bond motifs is 1. The first-order valence-corrected chi connectivity index (χ1v) is 8.06. The van der Waals surface area contributed by atoms with Crippen LogP contribution >= 0.6 is 11.6 Å². The Bertz CT molecular complexity index is 990. The second-order valence-electron chi connectivity index (χ2n) is 5.67. The molecule has 0 amide bonds. The fourth-order valence-electron chi connectivity index (χ4n) is 2.65. The molecule has 0 aliphatic carbocycles. The van der Waals surface area contributed by atoms with Crippen LogP contribution in [0.5, 0.6) is 0 Å². The second kappa shape index (κ2) is 6.99. The normalized spacial score (nSPS) is 11.1. The topological polar surface area (TPSA) is 59.2 Å². The van der Waals surface area contributed by atoms with Crippen molar-refractivity contribution in [2.75, 3.05) is 7.11 Å². The van der Waals surface area contributed by atoms with E-state index in [1.165, 1.54) is 7.11 Å². The van der Waals surface area contributed by atoms with E-state index in [1.807, 2.05) is 44.3 Å². The van der Waals surface area contributed by atoms with Crippen molar-refractivity contribution < 1.29 is 14.3 Å². The molecule has 25 heavy (non-hydrogen) atoms. The van der Waals surface area contributed by atoms with Crippen molar-refractivity contribution >= 4 is 59.7 Å². The number of aromatic amines is 1. The van der Waals surface area contributed by atoms with E-state index in [2.05, 4.69) is 9.72 Å². The van der Waals surface area contributed by atoms with Crippen LogP contribution in [-0.2, 0) is 9.53 Å². The van der Waals surface area contributed by atoms with Gasteiger partial charge in [0.1, 0.15) is 7.85 Å². The molecule has 4 nitrogen and oxygen atoms in total. The van der Waals surface area contributed by atoms with Crippen LogP contribution in [0.25, 0.3) is 23.1 Å². The first-order valence-electron chi connectivity index (χ1n) is 7.68. The van der Waals surface area contributed by atoms with Gasteiger partial charge in [-0.25, -0.2) is 4.79 Å². The molecular weight excluding hydrogens is 336 g/mol. The summed E-state index contributed by atoms with van der Waals surface area (Å²) in [6, 6.07) is 13.0. The highest BCUT2D eigenvalue weighted by molar-refractivity contribution is 6.44. The molecule has 3 aromatic rings. The number of hydrogen-bond donors (Lipinski definition) is 1. The summed E-state index contributed by atoms with van der Waals surface area (Å²) in [5.74, 6) is -1.56. The number of esters is 1. The number of rotatable bonds is 4. The number of hydrogen-bond acceptors (Lipinski definition) is 3. The van der Waals surface area contributed by atoms with E-state index in [1.54, 1.807) is 18.2 Å². The number of ether oxygens (including phenoxy) is 1. The molecule has 0 spiro atoms. The molecule has 1 aromatic heterocycles. The molecule has 0 saturated carbocycles. The Labute approximate surface area is 150 Å². The maximum atomic E-state index is 12.5. The van der Waals surface area contributed by atoms with Gasteiger partial charge < -0.3 is 9.72 Å². The van der Waals surface area contributed by atoms with Crippen LogP contribution in [0, 0.1) is 0 Å². The van der Waals surface area contributed by atoms with Gasteiger partial charge in [-0.05, 0) is 29.8 Å². The van der Waals surface area contributed by atoms with Gasteiger partial charge in [-0.2, -0.15) is 0 Å². The summed E-state index contributed by atoms with van der Waals surface area (Å²) >= 11 is 5.89. The highest BCUT2D eigenvalue weighted by atomic mass is 35.5. The fraction of sp³-hybridized carbons (Fsp3) is 0.0526. The van der Waals surface area contributed by atoms with Crippen LogP contribution in [0.1, 0.15) is 21.6 Å². The Hall–Kier alpha value is -2.79. The number of aromatic nitrogens is 1. The highest BCUT2D eigenvalue weighted by Crippen LogP contribution is 2.24. The minimum atomic E-state index is -0.886. The number of halogens is 1. The predicted molar refractivity (Wildman–Crippen MR) is 103 cm³/mol. The third kappa shape index (κ3) is 3.51. The van der Waals surface area contributed by atoms with E-state index < -0.39 is 11.8 Å². The van der Waals surface area contributed by atoms with E-state index in [-0.39, 0.29) is 0 Å². The second-order valence-corrected chi connectivity index (χ2v) is 6.10. The Morgan fingerprint density at radius 2 is 1.84 bits per heavy atom. The van der Waals surface area contributed by atoms with Gasteiger partial charge >= 0.3 is 5.97 Å². The zero-order valence-corrected chi connectivity index (χ0v) is 14.6. The molecule has 124 valence electrons. The molecule has 0 aliphatic rings. The number of H-pyrrole nitrogens is 1. The number of Topliss-reactive ketones (excluding diaryl/α,β-unsaturated/α-hetero) is 1. The molecule has 0 radical (unpaired) electrons. The Kier molecular flexibility index (Phi) is 4.77. The zero-order valence-electron chi connectivity index (χ0n) is 13.8. The monoisotopic (exact) mass is 351 g/mol. The molecule has 0 fully saturated rings. The van der Waals surface area contributed by atoms with Crippen LogP contribution in [0.2, 0.25) is 5.02 Å². The SMILES string of the molecule is Bc1ccc2c(C(=O)C(=O)OC)c(/C=C/c3ccc(Cl)cc3)[nH]c2c1. The summed E-state index contributed by atoms with van der Waals surface area (Å²) in [5, 5.41) is 1.34. The lowest BCUT2D eigenvalue weighted by molar-refractivity contribution is -0.135. The molecule has 3 rings (SSSR count). The third-order valence-electron chi connectivity index (χ3n) is 3.89. The van der Waals surface area contributed by atoms with E-state index in [0.29, 0.717) is 21.7 Å². The maximum Gasteiger partial charge on any atom is 0.379 e. The average Bonchev–Trinajstić information content (AvgIpc) is 2.97. The first kappa shape index (κ1) is 17.1. The first-order chi connectivity index (χ1) is 12.0. The van der Waals surface area contributed by atoms with E-state index in [9.17, 15) is 9.59 Å². The van der Waals surface area contributed by atoms with E-state index in [4.69, 9.17) is 11.6 Å². The maximum absolute atomic E-state index is 12.5. The van der Waals surface area contributed by atoms with Gasteiger partial charge in [-0.15, -0.1) is 0 Å². The van der Waals surface area contributed by atoms with Crippen molar-refractivity contribution in [3.8, 4) is 0 Å². The molecule has 6 heteroatoms. The Morgan fingerprint density at radius 3 is 2.52 bits per heavy atom. The Morgan fingerprint density at radius 1 is 1.12 bits per heavy atom. The standard InChI is InChI=1S/C19H15BClNO3/c1-25-19(24)18(23)17-14-8-5-12(20)10-16(14)22-15(17)9-4-11-2-6-13(21)7-3-11/h2-10,22H,20H2,1H3/b9-4+. The lowest BCUT2D eigenvalue weighted by Gasteiger charge is -2.00. The van der Waals surface area contributed by atoms with Crippen molar-refractivity contribution in [1.82, 2.24) is 4.98 Å². The van der Waals surface area contributed by atoms with Crippen molar-refractivity contribution in [1.29, 1.82) is 0 Å². The van der Waals surface area contributed by atoms with Crippen molar-refractivity contribution in [2.45, 2.75) is 0 Å². The van der Waals surface area contributed by atoms with Gasteiger partial charge in [0.25, 0.3) is 5.78 Å². The quantitative estimate of drug-likeness (QED) is 0.340. The fourth-order valence-corrected chi connectivity index (χ4v) is 2.78. The number of nitrogens with one attached hydrogen (secondary N) is 1. The highest BCUT2D eigenvalue weighted by Gasteiger charge is 2.24. The zero-order chi connectivity index (χ0) is 18.0. The van der Waals surface area contributed by atoms with Crippen LogP contribution in [-0.4, -0.2) is 31.7 Å². The van der Waals surface area contributed by atoms with Crippen LogP contribution in [0.4, 0.5) is 0 Å². The van der Waals surface area contributed by atoms with E-state index in [0.717, 1.165) is 16.5 Å².